The smallest absolute Gasteiger partial charge is 0.350 e. The number of fused-ring (bicyclic) bond motifs is 1. The number of carbonyl (C=O) groups excluding carboxylic acids is 1. The minimum atomic E-state index is -0.339. The summed E-state index contributed by atoms with van der Waals surface area (Å²) in [6.07, 6.45) is -0.128. The maximum atomic E-state index is 11.8. The molecule has 2 rings (SSSR count). The first kappa shape index (κ1) is 11.0. The SMILES string of the molecule is CC(C)OC(=O)c1sc2ccccc2c1N. The second kappa shape index (κ2) is 4.14. The van der Waals surface area contributed by atoms with E-state index in [-0.39, 0.29) is 12.1 Å². The summed E-state index contributed by atoms with van der Waals surface area (Å²) in [6, 6.07) is 7.69. The van der Waals surface area contributed by atoms with Crippen LogP contribution in [0.25, 0.3) is 10.1 Å². The summed E-state index contributed by atoms with van der Waals surface area (Å²) < 4.78 is 6.15. The Balaban J connectivity index is 2.45. The van der Waals surface area contributed by atoms with Crippen LogP contribution in [-0.2, 0) is 4.74 Å². The van der Waals surface area contributed by atoms with Crippen LogP contribution in [0, 0.1) is 0 Å². The normalized spacial score (nSPS) is 10.9. The van der Waals surface area contributed by atoms with E-state index in [1.165, 1.54) is 11.3 Å². The molecule has 0 aliphatic heterocycles. The number of hydrogen-bond donors (Lipinski definition) is 1. The molecule has 1 aromatic carbocycles. The lowest BCUT2D eigenvalue weighted by Crippen LogP contribution is -2.11. The molecule has 0 saturated heterocycles. The zero-order valence-electron chi connectivity index (χ0n) is 9.19. The summed E-state index contributed by atoms with van der Waals surface area (Å²) >= 11 is 1.37. The first-order chi connectivity index (χ1) is 7.59. The van der Waals surface area contributed by atoms with Crippen molar-refractivity contribution in [2.75, 3.05) is 5.73 Å². The number of ether oxygens (including phenoxy) is 1. The van der Waals surface area contributed by atoms with E-state index in [1.807, 2.05) is 38.1 Å². The molecule has 1 heterocycles. The third-order valence-corrected chi connectivity index (χ3v) is 3.33. The number of nitrogens with two attached hydrogens (primary N) is 1. The van der Waals surface area contributed by atoms with Crippen LogP contribution in [0.3, 0.4) is 0 Å². The van der Waals surface area contributed by atoms with Crippen molar-refractivity contribution in [2.24, 2.45) is 0 Å². The molecule has 1 aromatic heterocycles. The van der Waals surface area contributed by atoms with Gasteiger partial charge < -0.3 is 10.5 Å². The van der Waals surface area contributed by atoms with E-state index < -0.39 is 0 Å². The second-order valence-corrected chi connectivity index (χ2v) is 4.85. The van der Waals surface area contributed by atoms with Crippen LogP contribution in [0.4, 0.5) is 5.69 Å². The maximum absolute atomic E-state index is 11.8. The van der Waals surface area contributed by atoms with Gasteiger partial charge in [-0.25, -0.2) is 4.79 Å². The average Bonchev–Trinajstić information content (AvgIpc) is 2.56. The fourth-order valence-corrected chi connectivity index (χ4v) is 2.49. The number of nitrogen functional groups attached to an aromatic ring is 1. The number of esters is 1. The van der Waals surface area contributed by atoms with E-state index in [1.54, 1.807) is 0 Å². The Morgan fingerprint density at radius 3 is 2.69 bits per heavy atom. The molecule has 0 atom stereocenters. The lowest BCUT2D eigenvalue weighted by atomic mass is 10.2. The first-order valence-electron chi connectivity index (χ1n) is 5.07. The Bertz CT molecular complexity index is 531. The van der Waals surface area contributed by atoms with Crippen molar-refractivity contribution in [1.82, 2.24) is 0 Å². The monoisotopic (exact) mass is 235 g/mol. The number of anilines is 1. The van der Waals surface area contributed by atoms with Gasteiger partial charge in [-0.15, -0.1) is 11.3 Å². The van der Waals surface area contributed by atoms with Gasteiger partial charge in [0.15, 0.2) is 0 Å². The molecule has 2 N–H and O–H groups in total. The molecule has 3 nitrogen and oxygen atoms in total. The molecule has 0 aliphatic carbocycles. The highest BCUT2D eigenvalue weighted by atomic mass is 32.1. The molecule has 0 saturated carbocycles. The predicted octanol–water partition coefficient (Wildman–Crippen LogP) is 3.05. The van der Waals surface area contributed by atoms with Gasteiger partial charge >= 0.3 is 5.97 Å². The minimum absolute atomic E-state index is 0.128. The topological polar surface area (TPSA) is 52.3 Å². The quantitative estimate of drug-likeness (QED) is 0.814. The first-order valence-corrected chi connectivity index (χ1v) is 5.89. The van der Waals surface area contributed by atoms with Crippen LogP contribution in [0.1, 0.15) is 23.5 Å². The molecule has 84 valence electrons. The fraction of sp³-hybridized carbons (Fsp3) is 0.250. The predicted molar refractivity (Wildman–Crippen MR) is 66.8 cm³/mol. The van der Waals surface area contributed by atoms with Crippen LogP contribution >= 0.6 is 11.3 Å². The molecular formula is C12H13NO2S. The highest BCUT2D eigenvalue weighted by molar-refractivity contribution is 7.21. The highest BCUT2D eigenvalue weighted by Gasteiger charge is 2.18. The van der Waals surface area contributed by atoms with Crippen molar-refractivity contribution in [3.8, 4) is 0 Å². The van der Waals surface area contributed by atoms with Crippen LogP contribution < -0.4 is 5.73 Å². The van der Waals surface area contributed by atoms with Gasteiger partial charge in [-0.2, -0.15) is 0 Å². The summed E-state index contributed by atoms with van der Waals surface area (Å²) in [5.74, 6) is -0.339. The van der Waals surface area contributed by atoms with Gasteiger partial charge in [-0.1, -0.05) is 18.2 Å². The van der Waals surface area contributed by atoms with Crippen molar-refractivity contribution < 1.29 is 9.53 Å². The largest absolute Gasteiger partial charge is 0.459 e. The van der Waals surface area contributed by atoms with E-state index in [2.05, 4.69) is 0 Å². The number of hydrogen-bond acceptors (Lipinski definition) is 4. The summed E-state index contributed by atoms with van der Waals surface area (Å²) in [5, 5.41) is 0.920. The molecule has 0 spiro atoms. The molecule has 0 amide bonds. The van der Waals surface area contributed by atoms with E-state index in [9.17, 15) is 4.79 Å². The van der Waals surface area contributed by atoms with Crippen LogP contribution in [-0.4, -0.2) is 12.1 Å². The third kappa shape index (κ3) is 1.88. The second-order valence-electron chi connectivity index (χ2n) is 3.80. The van der Waals surface area contributed by atoms with Gasteiger partial charge in [-0.3, -0.25) is 0 Å². The molecule has 0 fully saturated rings. The highest BCUT2D eigenvalue weighted by Crippen LogP contribution is 2.33. The third-order valence-electron chi connectivity index (χ3n) is 2.16. The van der Waals surface area contributed by atoms with Crippen molar-refractivity contribution in [3.05, 3.63) is 29.1 Å². The standard InChI is InChI=1S/C12H13NO2S/c1-7(2)15-12(14)11-10(13)8-5-3-4-6-9(8)16-11/h3-7H,13H2,1-2H3. The molecular weight excluding hydrogens is 222 g/mol. The number of benzene rings is 1. The van der Waals surface area contributed by atoms with Gasteiger partial charge in [-0.05, 0) is 19.9 Å². The lowest BCUT2D eigenvalue weighted by molar-refractivity contribution is 0.0385. The Labute approximate surface area is 97.8 Å². The molecule has 0 unspecified atom stereocenters. The van der Waals surface area contributed by atoms with Gasteiger partial charge in [0.25, 0.3) is 0 Å². The van der Waals surface area contributed by atoms with Crippen LogP contribution in [0.5, 0.6) is 0 Å². The summed E-state index contributed by atoms with van der Waals surface area (Å²) in [4.78, 5) is 12.2. The Hall–Kier alpha value is -1.55. The van der Waals surface area contributed by atoms with Gasteiger partial charge in [0, 0.05) is 10.1 Å². The number of carbonyl (C=O) groups is 1. The summed E-state index contributed by atoms with van der Waals surface area (Å²) in [6.45, 7) is 3.64. The van der Waals surface area contributed by atoms with Crippen LogP contribution in [0.2, 0.25) is 0 Å². The molecule has 0 aliphatic rings. The summed E-state index contributed by atoms with van der Waals surface area (Å²) in [5.41, 5.74) is 6.44. The Morgan fingerprint density at radius 1 is 1.38 bits per heavy atom. The average molecular weight is 235 g/mol. The maximum Gasteiger partial charge on any atom is 0.350 e. The van der Waals surface area contributed by atoms with Crippen molar-refractivity contribution in [2.45, 2.75) is 20.0 Å². The number of rotatable bonds is 2. The van der Waals surface area contributed by atoms with Crippen molar-refractivity contribution >= 4 is 33.1 Å². The van der Waals surface area contributed by atoms with Gasteiger partial charge in [0.2, 0.25) is 0 Å². The van der Waals surface area contributed by atoms with Crippen molar-refractivity contribution in [3.63, 3.8) is 0 Å². The summed E-state index contributed by atoms with van der Waals surface area (Å²) in [7, 11) is 0. The fourth-order valence-electron chi connectivity index (χ4n) is 1.48. The molecule has 0 bridgehead atoms. The van der Waals surface area contributed by atoms with Crippen LogP contribution in [0.15, 0.2) is 24.3 Å². The lowest BCUT2D eigenvalue weighted by Gasteiger charge is -2.06. The van der Waals surface area contributed by atoms with E-state index in [0.717, 1.165) is 10.1 Å². The Kier molecular flexibility index (Phi) is 2.83. The molecule has 2 aromatic rings. The molecule has 16 heavy (non-hydrogen) atoms. The molecule has 0 radical (unpaired) electrons. The molecule has 4 heteroatoms. The Morgan fingerprint density at radius 2 is 2.06 bits per heavy atom. The van der Waals surface area contributed by atoms with Gasteiger partial charge in [0.1, 0.15) is 4.88 Å². The van der Waals surface area contributed by atoms with Crippen molar-refractivity contribution in [1.29, 1.82) is 0 Å². The number of thiophene rings is 1. The zero-order chi connectivity index (χ0) is 11.7. The van der Waals surface area contributed by atoms with Gasteiger partial charge in [0.05, 0.1) is 11.8 Å². The zero-order valence-corrected chi connectivity index (χ0v) is 10.0. The minimum Gasteiger partial charge on any atom is -0.459 e. The van der Waals surface area contributed by atoms with E-state index in [4.69, 9.17) is 10.5 Å². The van der Waals surface area contributed by atoms with E-state index in [0.29, 0.717) is 10.6 Å². The van der Waals surface area contributed by atoms with E-state index >= 15 is 0 Å².